The largest absolute Gasteiger partial charge is 0.494 e. The van der Waals surface area contributed by atoms with E-state index in [-0.39, 0.29) is 6.10 Å². The second-order valence-electron chi connectivity index (χ2n) is 7.64. The van der Waals surface area contributed by atoms with Crippen LogP contribution in [0.4, 0.5) is 0 Å². The maximum absolute atomic E-state index is 10.8. The number of terminal acetylenes is 1. The number of benzene rings is 1. The number of rotatable bonds is 10. The zero-order valence-electron chi connectivity index (χ0n) is 18.1. The van der Waals surface area contributed by atoms with Gasteiger partial charge in [-0.2, -0.15) is 0 Å². The predicted octanol–water partition coefficient (Wildman–Crippen LogP) is 6.99. The molecule has 1 aromatic rings. The van der Waals surface area contributed by atoms with Crippen LogP contribution in [0.5, 0.6) is 5.75 Å². The van der Waals surface area contributed by atoms with Gasteiger partial charge in [0.15, 0.2) is 0 Å². The van der Waals surface area contributed by atoms with Crippen LogP contribution in [0.15, 0.2) is 58.3 Å². The van der Waals surface area contributed by atoms with E-state index in [1.165, 1.54) is 19.3 Å². The van der Waals surface area contributed by atoms with Gasteiger partial charge in [-0.25, -0.2) is 0 Å². The minimum absolute atomic E-state index is 0.263. The van der Waals surface area contributed by atoms with Crippen LogP contribution in [-0.2, 0) is 4.74 Å². The van der Waals surface area contributed by atoms with Crippen LogP contribution in [-0.4, -0.2) is 17.8 Å². The zero-order chi connectivity index (χ0) is 21.8. The highest BCUT2D eigenvalue weighted by molar-refractivity contribution is 9.11. The fourth-order valence-electron chi connectivity index (χ4n) is 3.36. The summed E-state index contributed by atoms with van der Waals surface area (Å²) in [4.78, 5) is 0. The van der Waals surface area contributed by atoms with E-state index in [0.29, 0.717) is 13.0 Å². The van der Waals surface area contributed by atoms with Gasteiger partial charge in [0.05, 0.1) is 12.7 Å². The summed E-state index contributed by atoms with van der Waals surface area (Å²) in [5, 5.41) is 10.8. The van der Waals surface area contributed by atoms with Crippen LogP contribution in [0, 0.1) is 12.3 Å². The Kier molecular flexibility index (Phi) is 10.8. The molecule has 1 unspecified atom stereocenters. The molecule has 162 valence electrons. The monoisotopic (exact) mass is 472 g/mol. The molecule has 1 N–H and O–H groups in total. The zero-order valence-corrected chi connectivity index (χ0v) is 19.7. The Hall–Kier alpha value is -1.96. The molecule has 4 heteroatoms. The van der Waals surface area contributed by atoms with Crippen molar-refractivity contribution in [3.8, 4) is 18.1 Å². The molecule has 2 rings (SSSR count). The molecule has 30 heavy (non-hydrogen) atoms. The van der Waals surface area contributed by atoms with Gasteiger partial charge in [-0.15, -0.1) is 6.42 Å². The summed E-state index contributed by atoms with van der Waals surface area (Å²) in [7, 11) is 0. The van der Waals surface area contributed by atoms with Gasteiger partial charge in [-0.05, 0) is 81.4 Å². The van der Waals surface area contributed by atoms with Gasteiger partial charge >= 0.3 is 0 Å². The van der Waals surface area contributed by atoms with Crippen molar-refractivity contribution in [2.75, 3.05) is 6.61 Å². The third kappa shape index (κ3) is 8.05. The number of allylic oxidation sites excluding steroid dienone is 4. The Labute approximate surface area is 190 Å². The van der Waals surface area contributed by atoms with E-state index in [2.05, 4.69) is 28.8 Å². The fourth-order valence-corrected chi connectivity index (χ4v) is 3.78. The van der Waals surface area contributed by atoms with Crippen LogP contribution >= 0.6 is 15.9 Å². The summed E-state index contributed by atoms with van der Waals surface area (Å²) in [6.07, 6.45) is 18.0. The molecule has 0 heterocycles. The van der Waals surface area contributed by atoms with E-state index < -0.39 is 6.10 Å². The van der Waals surface area contributed by atoms with E-state index in [9.17, 15) is 5.11 Å². The van der Waals surface area contributed by atoms with Crippen LogP contribution < -0.4 is 4.74 Å². The number of aliphatic hydroxyl groups excluding tert-OH is 1. The molecule has 1 saturated carbocycles. The second kappa shape index (κ2) is 13.4. The van der Waals surface area contributed by atoms with Gasteiger partial charge in [-0.3, -0.25) is 0 Å². The fraction of sp³-hybridized carbons (Fsp3) is 0.462. The minimum Gasteiger partial charge on any atom is -0.494 e. The summed E-state index contributed by atoms with van der Waals surface area (Å²) in [6, 6.07) is 7.58. The molecule has 1 aromatic carbocycles. The summed E-state index contributed by atoms with van der Waals surface area (Å²) in [6.45, 7) is 4.77. The first-order valence-electron chi connectivity index (χ1n) is 10.8. The highest BCUT2D eigenvalue weighted by Crippen LogP contribution is 2.32. The third-order valence-electron chi connectivity index (χ3n) is 5.12. The first-order valence-corrected chi connectivity index (χ1v) is 11.6. The van der Waals surface area contributed by atoms with Crippen molar-refractivity contribution in [2.45, 2.75) is 71.0 Å². The quantitative estimate of drug-likeness (QED) is 0.226. The molecule has 1 aliphatic carbocycles. The van der Waals surface area contributed by atoms with Crippen molar-refractivity contribution >= 4 is 15.9 Å². The summed E-state index contributed by atoms with van der Waals surface area (Å²) in [5.41, 5.74) is 1.85. The Morgan fingerprint density at radius 1 is 1.27 bits per heavy atom. The second-order valence-corrected chi connectivity index (χ2v) is 8.49. The van der Waals surface area contributed by atoms with Crippen LogP contribution in [0.3, 0.4) is 0 Å². The van der Waals surface area contributed by atoms with E-state index in [0.717, 1.165) is 46.4 Å². The average Bonchev–Trinajstić information content (AvgIpc) is 2.79. The molecule has 0 saturated heterocycles. The molecule has 1 aliphatic rings. The van der Waals surface area contributed by atoms with E-state index in [1.54, 1.807) is 6.08 Å². The number of ether oxygens (including phenoxy) is 2. The number of hydrogen-bond acceptors (Lipinski definition) is 3. The maximum Gasteiger partial charge on any atom is 0.119 e. The lowest BCUT2D eigenvalue weighted by Crippen LogP contribution is -2.15. The maximum atomic E-state index is 10.8. The Morgan fingerprint density at radius 2 is 1.97 bits per heavy atom. The van der Waals surface area contributed by atoms with Crippen molar-refractivity contribution in [2.24, 2.45) is 0 Å². The van der Waals surface area contributed by atoms with Crippen molar-refractivity contribution in [3.63, 3.8) is 0 Å². The van der Waals surface area contributed by atoms with Gasteiger partial charge < -0.3 is 14.6 Å². The average molecular weight is 473 g/mol. The number of hydrogen-bond donors (Lipinski definition) is 1. The van der Waals surface area contributed by atoms with Crippen molar-refractivity contribution in [1.29, 1.82) is 0 Å². The Bertz CT molecular complexity index is 777. The molecule has 0 spiro atoms. The number of halogens is 1. The lowest BCUT2D eigenvalue weighted by molar-refractivity contribution is 0.0895. The molecular weight excluding hydrogens is 440 g/mol. The smallest absolute Gasteiger partial charge is 0.119 e. The van der Waals surface area contributed by atoms with Crippen LogP contribution in [0.25, 0.3) is 0 Å². The molecule has 0 amide bonds. The highest BCUT2D eigenvalue weighted by atomic mass is 79.9. The third-order valence-corrected chi connectivity index (χ3v) is 6.24. The number of aliphatic hydroxyl groups is 1. The van der Waals surface area contributed by atoms with Gasteiger partial charge in [0, 0.05) is 4.48 Å². The molecule has 0 aliphatic heterocycles. The molecule has 1 fully saturated rings. The van der Waals surface area contributed by atoms with Gasteiger partial charge in [-0.1, -0.05) is 52.9 Å². The van der Waals surface area contributed by atoms with Gasteiger partial charge in [0.1, 0.15) is 17.6 Å². The summed E-state index contributed by atoms with van der Waals surface area (Å²) >= 11 is 3.59. The van der Waals surface area contributed by atoms with Gasteiger partial charge in [0.2, 0.25) is 0 Å². The summed E-state index contributed by atoms with van der Waals surface area (Å²) in [5.74, 6) is 4.14. The predicted molar refractivity (Wildman–Crippen MR) is 127 cm³/mol. The van der Waals surface area contributed by atoms with E-state index in [1.807, 2.05) is 43.3 Å². The van der Waals surface area contributed by atoms with E-state index in [4.69, 9.17) is 15.9 Å². The van der Waals surface area contributed by atoms with Crippen molar-refractivity contribution < 1.29 is 14.6 Å². The van der Waals surface area contributed by atoms with Crippen molar-refractivity contribution in [1.82, 2.24) is 0 Å². The SMILES string of the molecule is C#C/C=C\C(=C/C/C(C)=C(/Br)C(O)c1ccc(OCCC)cc1)OC1CCCCC1. The summed E-state index contributed by atoms with van der Waals surface area (Å²) < 4.78 is 12.6. The molecule has 0 bridgehead atoms. The topological polar surface area (TPSA) is 38.7 Å². The molecule has 0 aromatic heterocycles. The standard InChI is InChI=1S/C26H33BrO3/c1-4-6-10-24(30-23-11-8-7-9-12-23)16-13-20(3)25(27)26(28)21-14-17-22(18-15-21)29-19-5-2/h1,6,10,14-18,23,26,28H,5,7-9,11-13,19H2,2-3H3/b10-6-,24-16+,25-20+. The molecule has 3 nitrogen and oxygen atoms in total. The molecule has 0 radical (unpaired) electrons. The van der Waals surface area contributed by atoms with E-state index >= 15 is 0 Å². The van der Waals surface area contributed by atoms with Crippen LogP contribution in [0.1, 0.15) is 70.5 Å². The minimum atomic E-state index is -0.720. The lowest BCUT2D eigenvalue weighted by Gasteiger charge is -2.23. The first-order chi connectivity index (χ1) is 14.5. The Balaban J connectivity index is 2.05. The first kappa shape index (κ1) is 24.3. The van der Waals surface area contributed by atoms with Crippen LogP contribution in [0.2, 0.25) is 0 Å². The normalized spacial score (nSPS) is 17.4. The Morgan fingerprint density at radius 3 is 2.60 bits per heavy atom. The van der Waals surface area contributed by atoms with Crippen molar-refractivity contribution in [3.05, 3.63) is 63.9 Å². The van der Waals surface area contributed by atoms with Gasteiger partial charge in [0.25, 0.3) is 0 Å². The molecule has 1 atom stereocenters. The lowest BCUT2D eigenvalue weighted by atomic mass is 9.98. The molecular formula is C26H33BrO3. The highest BCUT2D eigenvalue weighted by Gasteiger charge is 2.16.